The van der Waals surface area contributed by atoms with E-state index in [9.17, 15) is 4.79 Å². The third-order valence-corrected chi connectivity index (χ3v) is 1.91. The summed E-state index contributed by atoms with van der Waals surface area (Å²) in [5, 5.41) is 5.75. The van der Waals surface area contributed by atoms with Crippen LogP contribution in [0.25, 0.3) is 0 Å². The Labute approximate surface area is 103 Å². The first-order valence-corrected chi connectivity index (χ1v) is 5.67. The number of hydrogen-bond acceptors (Lipinski definition) is 4. The first kappa shape index (κ1) is 15.8. The number of ether oxygens (including phenoxy) is 1. The van der Waals surface area contributed by atoms with Gasteiger partial charge in [-0.25, -0.2) is 4.79 Å². The fourth-order valence-corrected chi connectivity index (χ4v) is 1.13. The van der Waals surface area contributed by atoms with Gasteiger partial charge in [0.1, 0.15) is 5.60 Å². The van der Waals surface area contributed by atoms with Crippen molar-refractivity contribution in [1.29, 1.82) is 0 Å². The Bertz CT molecular complexity index is 278. The molecule has 0 fully saturated rings. The Hall–Kier alpha value is -1.25. The Morgan fingerprint density at radius 1 is 1.53 bits per heavy atom. The monoisotopic (exact) mass is 241 g/mol. The summed E-state index contributed by atoms with van der Waals surface area (Å²) in [6.07, 6.45) is 4.80. The molecule has 0 saturated heterocycles. The van der Waals surface area contributed by atoms with Crippen molar-refractivity contribution >= 4 is 6.09 Å². The maximum Gasteiger partial charge on any atom is 0.407 e. The molecule has 5 nitrogen and oxygen atoms in total. The smallest absolute Gasteiger partial charge is 0.407 e. The van der Waals surface area contributed by atoms with Gasteiger partial charge in [-0.15, -0.1) is 6.42 Å². The molecule has 2 unspecified atom stereocenters. The summed E-state index contributed by atoms with van der Waals surface area (Å²) in [5.74, 6) is 2.54. The predicted molar refractivity (Wildman–Crippen MR) is 68.5 cm³/mol. The van der Waals surface area contributed by atoms with E-state index < -0.39 is 11.7 Å². The highest BCUT2D eigenvalue weighted by atomic mass is 16.6. The van der Waals surface area contributed by atoms with E-state index in [0.29, 0.717) is 13.1 Å². The van der Waals surface area contributed by atoms with Gasteiger partial charge in [0, 0.05) is 19.1 Å². The van der Waals surface area contributed by atoms with Gasteiger partial charge in [0.15, 0.2) is 0 Å². The van der Waals surface area contributed by atoms with Crippen molar-refractivity contribution in [2.24, 2.45) is 5.73 Å². The normalized spacial score (nSPS) is 14.6. The number of alkyl carbamates (subject to hydrolysis) is 1. The molecular weight excluding hydrogens is 218 g/mol. The number of nitrogens with two attached hydrogens (primary N) is 1. The van der Waals surface area contributed by atoms with Crippen molar-refractivity contribution in [3.63, 3.8) is 0 Å². The van der Waals surface area contributed by atoms with Crippen molar-refractivity contribution in [3.05, 3.63) is 0 Å². The second-order valence-corrected chi connectivity index (χ2v) is 4.87. The van der Waals surface area contributed by atoms with Crippen LogP contribution in [-0.2, 0) is 4.74 Å². The number of rotatable bonds is 5. The summed E-state index contributed by atoms with van der Waals surface area (Å²) in [6, 6.07) is -0.141. The van der Waals surface area contributed by atoms with Gasteiger partial charge in [-0.3, -0.25) is 5.32 Å². The van der Waals surface area contributed by atoms with Gasteiger partial charge in [0.25, 0.3) is 0 Å². The molecule has 0 aromatic carbocycles. The second kappa shape index (κ2) is 7.15. The van der Waals surface area contributed by atoms with Crippen molar-refractivity contribution in [2.45, 2.75) is 45.4 Å². The molecule has 0 aromatic rings. The van der Waals surface area contributed by atoms with Gasteiger partial charge in [0.2, 0.25) is 0 Å². The number of hydrogen-bond donors (Lipinski definition) is 3. The van der Waals surface area contributed by atoms with E-state index in [2.05, 4.69) is 16.6 Å². The van der Waals surface area contributed by atoms with Crippen LogP contribution < -0.4 is 16.4 Å². The highest BCUT2D eigenvalue weighted by Crippen LogP contribution is 2.06. The van der Waals surface area contributed by atoms with Crippen LogP contribution >= 0.6 is 0 Å². The summed E-state index contributed by atoms with van der Waals surface area (Å²) in [7, 11) is 0. The van der Waals surface area contributed by atoms with Crippen LogP contribution in [0.4, 0.5) is 4.79 Å². The van der Waals surface area contributed by atoms with Crippen LogP contribution in [0.1, 0.15) is 27.7 Å². The number of carbonyl (C=O) groups excluding carboxylic acids is 1. The fraction of sp³-hybridized carbons (Fsp3) is 0.750. The van der Waals surface area contributed by atoms with Gasteiger partial charge < -0.3 is 15.8 Å². The summed E-state index contributed by atoms with van der Waals surface area (Å²) in [4.78, 5) is 11.4. The van der Waals surface area contributed by atoms with Crippen molar-refractivity contribution in [2.75, 3.05) is 13.1 Å². The van der Waals surface area contributed by atoms with Crippen LogP contribution in [0.2, 0.25) is 0 Å². The SMILES string of the molecule is C#CC(C)NC(CN)CNC(=O)OC(C)(C)C. The highest BCUT2D eigenvalue weighted by molar-refractivity contribution is 5.67. The molecule has 0 heterocycles. The Kier molecular flexibility index (Phi) is 6.62. The molecule has 0 aliphatic carbocycles. The first-order chi connectivity index (χ1) is 7.78. The topological polar surface area (TPSA) is 76.4 Å². The molecule has 0 aromatic heterocycles. The number of nitrogens with one attached hydrogen (secondary N) is 2. The molecule has 5 heteroatoms. The number of terminal acetylenes is 1. The van der Waals surface area contributed by atoms with E-state index in [1.165, 1.54) is 0 Å². The largest absolute Gasteiger partial charge is 0.444 e. The predicted octanol–water partition coefficient (Wildman–Crippen LogP) is 0.450. The minimum Gasteiger partial charge on any atom is -0.444 e. The van der Waals surface area contributed by atoms with Gasteiger partial charge in [0.05, 0.1) is 6.04 Å². The molecular formula is C12H23N3O2. The maximum atomic E-state index is 11.4. The highest BCUT2D eigenvalue weighted by Gasteiger charge is 2.17. The van der Waals surface area contributed by atoms with Crippen LogP contribution in [0.5, 0.6) is 0 Å². The minimum atomic E-state index is -0.498. The Morgan fingerprint density at radius 2 is 2.12 bits per heavy atom. The van der Waals surface area contributed by atoms with E-state index in [1.54, 1.807) is 0 Å². The van der Waals surface area contributed by atoms with E-state index in [4.69, 9.17) is 16.9 Å². The van der Waals surface area contributed by atoms with E-state index in [-0.39, 0.29) is 12.1 Å². The third-order valence-electron chi connectivity index (χ3n) is 1.91. The lowest BCUT2D eigenvalue weighted by molar-refractivity contribution is 0.0522. The van der Waals surface area contributed by atoms with Gasteiger partial charge >= 0.3 is 6.09 Å². The second-order valence-electron chi connectivity index (χ2n) is 4.87. The van der Waals surface area contributed by atoms with Gasteiger partial charge in [-0.05, 0) is 27.7 Å². The van der Waals surface area contributed by atoms with Crippen LogP contribution in [0.15, 0.2) is 0 Å². The maximum absolute atomic E-state index is 11.4. The molecule has 2 atom stereocenters. The minimum absolute atomic E-state index is 0.0615. The fourth-order valence-electron chi connectivity index (χ4n) is 1.13. The third kappa shape index (κ3) is 8.55. The summed E-state index contributed by atoms with van der Waals surface area (Å²) < 4.78 is 5.10. The molecule has 0 bridgehead atoms. The average Bonchev–Trinajstić information content (AvgIpc) is 2.21. The van der Waals surface area contributed by atoms with E-state index >= 15 is 0 Å². The zero-order chi connectivity index (χ0) is 13.5. The van der Waals surface area contributed by atoms with Crippen molar-refractivity contribution in [1.82, 2.24) is 10.6 Å². The lowest BCUT2D eigenvalue weighted by Crippen LogP contribution is -2.49. The molecule has 0 aliphatic rings. The standard InChI is InChI=1S/C12H23N3O2/c1-6-9(2)15-10(7-13)8-14-11(16)17-12(3,4)5/h1,9-10,15H,7-8,13H2,2-5H3,(H,14,16). The molecule has 1 amide bonds. The summed E-state index contributed by atoms with van der Waals surface area (Å²) >= 11 is 0. The first-order valence-electron chi connectivity index (χ1n) is 5.67. The quantitative estimate of drug-likeness (QED) is 0.611. The summed E-state index contributed by atoms with van der Waals surface area (Å²) in [5.41, 5.74) is 5.07. The zero-order valence-corrected chi connectivity index (χ0v) is 11.0. The summed E-state index contributed by atoms with van der Waals surface area (Å²) in [6.45, 7) is 8.07. The van der Waals surface area contributed by atoms with Gasteiger partial charge in [-0.1, -0.05) is 5.92 Å². The van der Waals surface area contributed by atoms with E-state index in [0.717, 1.165) is 0 Å². The Balaban J connectivity index is 3.99. The molecule has 0 saturated carbocycles. The van der Waals surface area contributed by atoms with Crippen LogP contribution in [0, 0.1) is 12.3 Å². The van der Waals surface area contributed by atoms with Crippen molar-refractivity contribution < 1.29 is 9.53 Å². The lowest BCUT2D eigenvalue weighted by atomic mass is 10.2. The molecule has 0 rings (SSSR count). The molecule has 17 heavy (non-hydrogen) atoms. The van der Waals surface area contributed by atoms with E-state index in [1.807, 2.05) is 27.7 Å². The molecule has 0 radical (unpaired) electrons. The Morgan fingerprint density at radius 3 is 2.53 bits per heavy atom. The van der Waals surface area contributed by atoms with Crippen molar-refractivity contribution in [3.8, 4) is 12.3 Å². The van der Waals surface area contributed by atoms with Crippen LogP contribution in [0.3, 0.4) is 0 Å². The number of carbonyl (C=O) groups is 1. The molecule has 0 aliphatic heterocycles. The average molecular weight is 241 g/mol. The molecule has 98 valence electrons. The molecule has 0 spiro atoms. The lowest BCUT2D eigenvalue weighted by Gasteiger charge is -2.22. The number of amides is 1. The van der Waals surface area contributed by atoms with Gasteiger partial charge in [-0.2, -0.15) is 0 Å². The zero-order valence-electron chi connectivity index (χ0n) is 11.0. The van der Waals surface area contributed by atoms with Crippen LogP contribution in [-0.4, -0.2) is 36.9 Å². The molecule has 4 N–H and O–H groups in total.